The Morgan fingerprint density at radius 3 is 2.62 bits per heavy atom. The minimum atomic E-state index is -0.130. The number of aromatic amines is 1. The largest absolute Gasteiger partial charge is 0.309 e. The first-order valence-electron chi connectivity index (χ1n) is 8.95. The molecule has 0 radical (unpaired) electrons. The molecule has 142 valence electrons. The first-order valence-corrected chi connectivity index (χ1v) is 10.8. The molecule has 0 fully saturated rings. The van der Waals surface area contributed by atoms with Gasteiger partial charge in [-0.15, -0.1) is 21.5 Å². The van der Waals surface area contributed by atoms with E-state index in [2.05, 4.69) is 20.2 Å². The summed E-state index contributed by atoms with van der Waals surface area (Å²) in [4.78, 5) is 20.8. The van der Waals surface area contributed by atoms with Crippen molar-refractivity contribution in [2.75, 3.05) is 0 Å². The second kappa shape index (κ2) is 7.65. The molecule has 0 amide bonds. The second-order valence-electron chi connectivity index (χ2n) is 6.27. The van der Waals surface area contributed by atoms with Crippen LogP contribution in [0.3, 0.4) is 0 Å². The van der Waals surface area contributed by atoms with Gasteiger partial charge in [0.15, 0.2) is 11.0 Å². The van der Waals surface area contributed by atoms with E-state index < -0.39 is 0 Å². The number of rotatable bonds is 5. The quantitative estimate of drug-likeness (QED) is 0.425. The van der Waals surface area contributed by atoms with Gasteiger partial charge in [0.2, 0.25) is 0 Å². The summed E-state index contributed by atoms with van der Waals surface area (Å²) in [7, 11) is 0. The van der Waals surface area contributed by atoms with E-state index in [1.54, 1.807) is 17.4 Å². The van der Waals surface area contributed by atoms with Gasteiger partial charge in [-0.2, -0.15) is 0 Å². The number of para-hydroxylation sites is 2. The highest BCUT2D eigenvalue weighted by molar-refractivity contribution is 7.98. The van der Waals surface area contributed by atoms with Gasteiger partial charge >= 0.3 is 0 Å². The van der Waals surface area contributed by atoms with Gasteiger partial charge in [0.25, 0.3) is 5.56 Å². The van der Waals surface area contributed by atoms with E-state index in [0.717, 1.165) is 21.5 Å². The summed E-state index contributed by atoms with van der Waals surface area (Å²) in [5.74, 6) is 1.89. The normalized spacial score (nSPS) is 11.2. The van der Waals surface area contributed by atoms with Gasteiger partial charge in [-0.25, -0.2) is 4.98 Å². The predicted octanol–water partition coefficient (Wildman–Crippen LogP) is 4.52. The molecule has 0 spiro atoms. The van der Waals surface area contributed by atoms with E-state index in [1.807, 2.05) is 70.6 Å². The first kappa shape index (κ1) is 17.8. The second-order valence-corrected chi connectivity index (χ2v) is 8.16. The molecule has 6 nitrogen and oxygen atoms in total. The van der Waals surface area contributed by atoms with Crippen molar-refractivity contribution in [3.8, 4) is 16.4 Å². The number of thioether (sulfide) groups is 1. The molecule has 0 atom stereocenters. The molecule has 0 aliphatic rings. The summed E-state index contributed by atoms with van der Waals surface area (Å²) in [6, 6.07) is 21.4. The Labute approximate surface area is 174 Å². The van der Waals surface area contributed by atoms with Crippen molar-refractivity contribution >= 4 is 34.0 Å². The van der Waals surface area contributed by atoms with Crippen LogP contribution in [0.15, 0.2) is 82.1 Å². The molecular formula is C21H15N5OS2. The van der Waals surface area contributed by atoms with Crippen LogP contribution in [0.2, 0.25) is 0 Å². The lowest BCUT2D eigenvalue weighted by molar-refractivity contribution is 0.883. The van der Waals surface area contributed by atoms with Crippen LogP contribution < -0.4 is 5.56 Å². The van der Waals surface area contributed by atoms with E-state index in [1.165, 1.54) is 11.8 Å². The van der Waals surface area contributed by atoms with Gasteiger partial charge < -0.3 is 4.98 Å². The zero-order valence-corrected chi connectivity index (χ0v) is 16.8. The van der Waals surface area contributed by atoms with Gasteiger partial charge in [0, 0.05) is 5.69 Å². The zero-order chi connectivity index (χ0) is 19.6. The first-order chi connectivity index (χ1) is 14.3. The lowest BCUT2D eigenvalue weighted by atomic mass is 10.2. The van der Waals surface area contributed by atoms with Crippen molar-refractivity contribution in [3.63, 3.8) is 0 Å². The Morgan fingerprint density at radius 1 is 0.966 bits per heavy atom. The van der Waals surface area contributed by atoms with Crippen molar-refractivity contribution in [2.24, 2.45) is 0 Å². The molecule has 0 aliphatic carbocycles. The highest BCUT2D eigenvalue weighted by atomic mass is 32.2. The third-order valence-electron chi connectivity index (χ3n) is 4.39. The van der Waals surface area contributed by atoms with E-state index in [0.29, 0.717) is 22.5 Å². The van der Waals surface area contributed by atoms with Gasteiger partial charge in [-0.1, -0.05) is 48.2 Å². The molecule has 8 heteroatoms. The van der Waals surface area contributed by atoms with Crippen LogP contribution in [0.1, 0.15) is 5.82 Å². The van der Waals surface area contributed by atoms with Gasteiger partial charge in [-0.05, 0) is 35.7 Å². The molecule has 0 saturated heterocycles. The number of benzene rings is 2. The van der Waals surface area contributed by atoms with Crippen molar-refractivity contribution < 1.29 is 0 Å². The van der Waals surface area contributed by atoms with Crippen LogP contribution in [-0.4, -0.2) is 24.7 Å². The van der Waals surface area contributed by atoms with Crippen LogP contribution in [0.5, 0.6) is 0 Å². The van der Waals surface area contributed by atoms with Crippen molar-refractivity contribution in [3.05, 3.63) is 88.3 Å². The molecule has 0 unspecified atom stereocenters. The van der Waals surface area contributed by atoms with Gasteiger partial charge in [0.1, 0.15) is 5.82 Å². The molecule has 5 rings (SSSR count). The van der Waals surface area contributed by atoms with Gasteiger partial charge in [-0.3, -0.25) is 9.36 Å². The number of nitrogens with one attached hydrogen (secondary N) is 1. The lowest BCUT2D eigenvalue weighted by Crippen LogP contribution is -2.11. The van der Waals surface area contributed by atoms with E-state index in [9.17, 15) is 4.79 Å². The molecule has 1 N–H and O–H groups in total. The fraction of sp³-hybridized carbons (Fsp3) is 0.0476. The maximum atomic E-state index is 12.3. The smallest absolute Gasteiger partial charge is 0.258 e. The Kier molecular flexibility index (Phi) is 4.71. The topological polar surface area (TPSA) is 76.5 Å². The molecular weight excluding hydrogens is 402 g/mol. The summed E-state index contributed by atoms with van der Waals surface area (Å²) in [6.07, 6.45) is 0. The fourth-order valence-electron chi connectivity index (χ4n) is 3.07. The van der Waals surface area contributed by atoms with Crippen LogP contribution in [0.25, 0.3) is 27.3 Å². The van der Waals surface area contributed by atoms with Gasteiger partial charge in [0.05, 0.1) is 21.5 Å². The molecule has 0 saturated carbocycles. The summed E-state index contributed by atoms with van der Waals surface area (Å²) in [6.45, 7) is 0. The molecule has 5 aromatic rings. The average Bonchev–Trinajstić information content (AvgIpc) is 3.43. The third-order valence-corrected chi connectivity index (χ3v) is 6.20. The Morgan fingerprint density at radius 2 is 1.79 bits per heavy atom. The number of thiophene rings is 1. The number of fused-ring (bicyclic) bond motifs is 1. The minimum absolute atomic E-state index is 0.130. The molecule has 3 aromatic heterocycles. The van der Waals surface area contributed by atoms with E-state index >= 15 is 0 Å². The van der Waals surface area contributed by atoms with E-state index in [-0.39, 0.29) is 5.56 Å². The highest BCUT2D eigenvalue weighted by Gasteiger charge is 2.17. The summed E-state index contributed by atoms with van der Waals surface area (Å²) in [5.41, 5.74) is 1.55. The SMILES string of the molecule is O=c1[nH]c(CSc2nnc(-c3cccs3)n2-c2ccccc2)nc2ccccc12. The Hall–Kier alpha value is -3.23. The maximum absolute atomic E-state index is 12.3. The number of aromatic nitrogens is 5. The number of nitrogens with zero attached hydrogens (tertiary/aromatic N) is 4. The van der Waals surface area contributed by atoms with Crippen LogP contribution in [0, 0.1) is 0 Å². The highest BCUT2D eigenvalue weighted by Crippen LogP contribution is 2.31. The molecule has 29 heavy (non-hydrogen) atoms. The predicted molar refractivity (Wildman–Crippen MR) is 117 cm³/mol. The molecule has 0 aliphatic heterocycles. The minimum Gasteiger partial charge on any atom is -0.309 e. The summed E-state index contributed by atoms with van der Waals surface area (Å²) < 4.78 is 2.04. The molecule has 3 heterocycles. The van der Waals surface area contributed by atoms with E-state index in [4.69, 9.17) is 0 Å². The standard InChI is InChI=1S/C21H15N5OS2/c27-20-15-9-4-5-10-16(15)22-18(23-20)13-29-21-25-24-19(17-11-6-12-28-17)26(21)14-7-2-1-3-8-14/h1-12H,13H2,(H,22,23,27). The van der Waals surface area contributed by atoms with Crippen LogP contribution >= 0.6 is 23.1 Å². The molecule has 2 aromatic carbocycles. The molecule has 0 bridgehead atoms. The third kappa shape index (κ3) is 3.48. The Balaban J connectivity index is 1.51. The Bertz CT molecular complexity index is 1330. The lowest BCUT2D eigenvalue weighted by Gasteiger charge is -2.09. The number of hydrogen-bond acceptors (Lipinski definition) is 6. The number of H-pyrrole nitrogens is 1. The van der Waals surface area contributed by atoms with Crippen molar-refractivity contribution in [2.45, 2.75) is 10.9 Å². The fourth-order valence-corrected chi connectivity index (χ4v) is 4.60. The summed E-state index contributed by atoms with van der Waals surface area (Å²) in [5, 5.41) is 12.2. The van der Waals surface area contributed by atoms with Crippen molar-refractivity contribution in [1.29, 1.82) is 0 Å². The average molecular weight is 418 g/mol. The zero-order valence-electron chi connectivity index (χ0n) is 15.1. The van der Waals surface area contributed by atoms with Crippen LogP contribution in [0.4, 0.5) is 0 Å². The van der Waals surface area contributed by atoms with Crippen LogP contribution in [-0.2, 0) is 5.75 Å². The maximum Gasteiger partial charge on any atom is 0.258 e. The number of hydrogen-bond donors (Lipinski definition) is 1. The summed E-state index contributed by atoms with van der Waals surface area (Å²) >= 11 is 3.12. The monoisotopic (exact) mass is 417 g/mol. The van der Waals surface area contributed by atoms with Crippen molar-refractivity contribution in [1.82, 2.24) is 24.7 Å².